The number of urea groups is 1. The molecule has 0 saturated carbocycles. The number of benzene rings is 1. The molecule has 2 aromatic heterocycles. The first-order chi connectivity index (χ1) is 14.0. The fourth-order valence-electron chi connectivity index (χ4n) is 3.14. The second-order valence-electron chi connectivity index (χ2n) is 6.52. The molecule has 0 unspecified atom stereocenters. The number of amides is 2. The van der Waals surface area contributed by atoms with Crippen molar-refractivity contribution in [1.29, 1.82) is 0 Å². The Labute approximate surface area is 175 Å². The Morgan fingerprint density at radius 2 is 2.10 bits per heavy atom. The van der Waals surface area contributed by atoms with Crippen molar-refractivity contribution in [3.05, 3.63) is 35.1 Å². The topological polar surface area (TPSA) is 104 Å². The lowest BCUT2D eigenvalue weighted by atomic mass is 10.1. The molecule has 11 heteroatoms. The molecule has 2 amide bonds. The number of anilines is 1. The summed E-state index contributed by atoms with van der Waals surface area (Å²) < 4.78 is 5.18. The van der Waals surface area contributed by atoms with Crippen molar-refractivity contribution in [2.75, 3.05) is 38.6 Å². The number of carbonyl (C=O) groups is 1. The van der Waals surface area contributed by atoms with E-state index in [0.29, 0.717) is 59.1 Å². The number of thiazole rings is 1. The average molecular weight is 435 g/mol. The summed E-state index contributed by atoms with van der Waals surface area (Å²) in [7, 11) is 1.52. The fraction of sp³-hybridized carbons (Fsp3) is 0.333. The molecule has 1 aromatic carbocycles. The van der Waals surface area contributed by atoms with Gasteiger partial charge in [0.2, 0.25) is 5.88 Å². The molecule has 152 valence electrons. The SMILES string of the molecule is COc1ncnc2sc(NC(=O)N3CCN(Cc4cc(Cl)ccc4O)CC3)nc12. The maximum absolute atomic E-state index is 12.6. The molecule has 0 atom stereocenters. The minimum absolute atomic E-state index is 0.207. The van der Waals surface area contributed by atoms with Gasteiger partial charge in [0.1, 0.15) is 12.1 Å². The molecular formula is C18H19ClN6O3S. The van der Waals surface area contributed by atoms with Crippen LogP contribution in [0.5, 0.6) is 11.6 Å². The number of hydrogen-bond acceptors (Lipinski definition) is 8. The summed E-state index contributed by atoms with van der Waals surface area (Å²) in [5.41, 5.74) is 1.31. The molecule has 4 rings (SSSR count). The summed E-state index contributed by atoms with van der Waals surface area (Å²) in [6.45, 7) is 3.11. The monoisotopic (exact) mass is 434 g/mol. The molecule has 3 heterocycles. The zero-order valence-corrected chi connectivity index (χ0v) is 17.2. The highest BCUT2D eigenvalue weighted by atomic mass is 35.5. The maximum atomic E-state index is 12.6. The van der Waals surface area contributed by atoms with E-state index in [1.54, 1.807) is 23.1 Å². The molecule has 0 bridgehead atoms. The zero-order valence-electron chi connectivity index (χ0n) is 15.6. The number of nitrogens with zero attached hydrogens (tertiary/aromatic N) is 5. The molecule has 29 heavy (non-hydrogen) atoms. The Morgan fingerprint density at radius 1 is 1.31 bits per heavy atom. The normalized spacial score (nSPS) is 14.9. The van der Waals surface area contributed by atoms with Crippen LogP contribution in [0.3, 0.4) is 0 Å². The Hall–Kier alpha value is -2.69. The second-order valence-corrected chi connectivity index (χ2v) is 7.94. The number of carbonyl (C=O) groups excluding carboxylic acids is 1. The van der Waals surface area contributed by atoms with Crippen molar-refractivity contribution in [3.8, 4) is 11.6 Å². The maximum Gasteiger partial charge on any atom is 0.323 e. The number of halogens is 1. The van der Waals surface area contributed by atoms with Crippen molar-refractivity contribution in [3.63, 3.8) is 0 Å². The Balaban J connectivity index is 1.35. The van der Waals surface area contributed by atoms with E-state index in [1.165, 1.54) is 24.8 Å². The van der Waals surface area contributed by atoms with E-state index in [-0.39, 0.29) is 11.8 Å². The molecule has 9 nitrogen and oxygen atoms in total. The minimum atomic E-state index is -0.207. The van der Waals surface area contributed by atoms with Crippen LogP contribution in [-0.2, 0) is 6.54 Å². The Bertz CT molecular complexity index is 1040. The number of nitrogens with one attached hydrogen (secondary N) is 1. The lowest BCUT2D eigenvalue weighted by Gasteiger charge is -2.34. The van der Waals surface area contributed by atoms with Crippen LogP contribution in [0.4, 0.5) is 9.93 Å². The zero-order chi connectivity index (χ0) is 20.4. The Morgan fingerprint density at radius 3 is 2.86 bits per heavy atom. The number of fused-ring (bicyclic) bond motifs is 1. The first-order valence-corrected chi connectivity index (χ1v) is 10.1. The number of phenolic OH excluding ortho intramolecular Hbond substituents is 1. The molecule has 0 radical (unpaired) electrons. The molecule has 2 N–H and O–H groups in total. The molecule has 1 saturated heterocycles. The molecule has 0 aliphatic carbocycles. The van der Waals surface area contributed by atoms with Crippen LogP contribution in [0.2, 0.25) is 5.02 Å². The Kier molecular flexibility index (Phi) is 5.65. The van der Waals surface area contributed by atoms with Gasteiger partial charge < -0.3 is 14.7 Å². The highest BCUT2D eigenvalue weighted by Gasteiger charge is 2.23. The van der Waals surface area contributed by atoms with E-state index < -0.39 is 0 Å². The van der Waals surface area contributed by atoms with Crippen molar-refractivity contribution in [2.45, 2.75) is 6.54 Å². The molecule has 1 aliphatic heterocycles. The number of piperazine rings is 1. The molecule has 1 fully saturated rings. The van der Waals surface area contributed by atoms with Crippen LogP contribution in [0.25, 0.3) is 10.3 Å². The van der Waals surface area contributed by atoms with Gasteiger partial charge in [0.15, 0.2) is 15.5 Å². The number of hydrogen-bond donors (Lipinski definition) is 2. The van der Waals surface area contributed by atoms with Crippen molar-refractivity contribution >= 4 is 44.4 Å². The number of aromatic nitrogens is 3. The van der Waals surface area contributed by atoms with E-state index >= 15 is 0 Å². The third kappa shape index (κ3) is 4.34. The van der Waals surface area contributed by atoms with Gasteiger partial charge in [0.25, 0.3) is 0 Å². The van der Waals surface area contributed by atoms with E-state index in [2.05, 4.69) is 25.2 Å². The molecular weight excluding hydrogens is 416 g/mol. The standard InChI is InChI=1S/C18H19ClN6O3S/c1-28-15-14-16(21-10-20-15)29-17(22-14)23-18(27)25-6-4-24(5-7-25)9-11-8-12(19)2-3-13(11)26/h2-3,8,10,26H,4-7,9H2,1H3,(H,22,23,27). The highest BCUT2D eigenvalue weighted by Crippen LogP contribution is 2.29. The third-order valence-electron chi connectivity index (χ3n) is 4.66. The minimum Gasteiger partial charge on any atom is -0.508 e. The van der Waals surface area contributed by atoms with Crippen LogP contribution in [-0.4, -0.2) is 69.2 Å². The largest absolute Gasteiger partial charge is 0.508 e. The average Bonchev–Trinajstić information content (AvgIpc) is 3.13. The predicted molar refractivity (Wildman–Crippen MR) is 111 cm³/mol. The summed E-state index contributed by atoms with van der Waals surface area (Å²) in [6, 6.07) is 4.81. The van der Waals surface area contributed by atoms with Crippen molar-refractivity contribution in [1.82, 2.24) is 24.8 Å². The van der Waals surface area contributed by atoms with Crippen LogP contribution in [0.15, 0.2) is 24.5 Å². The van der Waals surface area contributed by atoms with Gasteiger partial charge in [0, 0.05) is 43.3 Å². The quantitative estimate of drug-likeness (QED) is 0.650. The fourth-order valence-corrected chi connectivity index (χ4v) is 4.12. The van der Waals surface area contributed by atoms with Gasteiger partial charge in [-0.1, -0.05) is 22.9 Å². The number of methoxy groups -OCH3 is 1. The molecule has 1 aliphatic rings. The van der Waals surface area contributed by atoms with Gasteiger partial charge in [-0.15, -0.1) is 0 Å². The number of rotatable bonds is 4. The molecule has 0 spiro atoms. The summed E-state index contributed by atoms with van der Waals surface area (Å²) >= 11 is 7.29. The van der Waals surface area contributed by atoms with Gasteiger partial charge in [-0.25, -0.2) is 14.8 Å². The number of phenols is 1. The van der Waals surface area contributed by atoms with E-state index in [9.17, 15) is 9.90 Å². The molecule has 3 aromatic rings. The number of ether oxygens (including phenoxy) is 1. The first-order valence-electron chi connectivity index (χ1n) is 8.94. The first kappa shape index (κ1) is 19.6. The van der Waals surface area contributed by atoms with Crippen LogP contribution >= 0.6 is 22.9 Å². The third-order valence-corrected chi connectivity index (χ3v) is 5.78. The summed E-state index contributed by atoms with van der Waals surface area (Å²) in [6.07, 6.45) is 1.40. The van der Waals surface area contributed by atoms with Gasteiger partial charge in [-0.3, -0.25) is 10.2 Å². The van der Waals surface area contributed by atoms with Gasteiger partial charge in [-0.05, 0) is 18.2 Å². The van der Waals surface area contributed by atoms with E-state index in [4.69, 9.17) is 16.3 Å². The summed E-state index contributed by atoms with van der Waals surface area (Å²) in [4.78, 5) is 29.7. The van der Waals surface area contributed by atoms with Gasteiger partial charge >= 0.3 is 6.03 Å². The van der Waals surface area contributed by atoms with Gasteiger partial charge in [-0.2, -0.15) is 4.98 Å². The lowest BCUT2D eigenvalue weighted by molar-refractivity contribution is 0.142. The van der Waals surface area contributed by atoms with Crippen molar-refractivity contribution < 1.29 is 14.6 Å². The van der Waals surface area contributed by atoms with E-state index in [1.807, 2.05) is 0 Å². The number of aromatic hydroxyl groups is 1. The second kappa shape index (κ2) is 8.36. The highest BCUT2D eigenvalue weighted by molar-refractivity contribution is 7.22. The smallest absolute Gasteiger partial charge is 0.323 e. The lowest BCUT2D eigenvalue weighted by Crippen LogP contribution is -2.49. The van der Waals surface area contributed by atoms with Crippen LogP contribution in [0.1, 0.15) is 5.56 Å². The van der Waals surface area contributed by atoms with Crippen LogP contribution in [0, 0.1) is 0 Å². The van der Waals surface area contributed by atoms with E-state index in [0.717, 1.165) is 5.56 Å². The summed E-state index contributed by atoms with van der Waals surface area (Å²) in [5, 5.41) is 13.9. The van der Waals surface area contributed by atoms with Gasteiger partial charge in [0.05, 0.1) is 7.11 Å². The van der Waals surface area contributed by atoms with Crippen LogP contribution < -0.4 is 10.1 Å². The van der Waals surface area contributed by atoms with Crippen molar-refractivity contribution in [2.24, 2.45) is 0 Å². The summed E-state index contributed by atoms with van der Waals surface area (Å²) in [5.74, 6) is 0.605. The predicted octanol–water partition coefficient (Wildman–Crippen LogP) is 2.80.